The molecule has 0 bridgehead atoms. The maximum absolute atomic E-state index is 12.4. The van der Waals surface area contributed by atoms with Crippen LogP contribution in [0.4, 0.5) is 5.13 Å². The molecule has 1 N–H and O–H groups in total. The third-order valence-corrected chi connectivity index (χ3v) is 5.42. The number of rotatable bonds is 4. The molecule has 2 heterocycles. The van der Waals surface area contributed by atoms with Crippen LogP contribution in [-0.2, 0) is 0 Å². The molecular formula is C20H15ClN4O2S. The molecule has 2 aromatic heterocycles. The van der Waals surface area contributed by atoms with Crippen LogP contribution in [0.25, 0.3) is 22.2 Å². The highest BCUT2D eigenvalue weighted by Crippen LogP contribution is 2.33. The van der Waals surface area contributed by atoms with Gasteiger partial charge in [0.2, 0.25) is 5.82 Å². The molecule has 0 aliphatic carbocycles. The quantitative estimate of drug-likeness (QED) is 0.488. The summed E-state index contributed by atoms with van der Waals surface area (Å²) in [5, 5.41) is 7.65. The van der Waals surface area contributed by atoms with Crippen LogP contribution in [-0.4, -0.2) is 21.0 Å². The fourth-order valence-electron chi connectivity index (χ4n) is 2.68. The van der Waals surface area contributed by atoms with Gasteiger partial charge in [-0.2, -0.15) is 4.98 Å². The molecule has 0 unspecified atom stereocenters. The monoisotopic (exact) mass is 410 g/mol. The predicted molar refractivity (Wildman–Crippen MR) is 110 cm³/mol. The average Bonchev–Trinajstić information content (AvgIpc) is 3.28. The first-order chi connectivity index (χ1) is 13.5. The van der Waals surface area contributed by atoms with Crippen LogP contribution < -0.4 is 5.32 Å². The van der Waals surface area contributed by atoms with Crippen molar-refractivity contribution in [1.82, 2.24) is 15.1 Å². The number of thiazole rings is 1. The van der Waals surface area contributed by atoms with Crippen molar-refractivity contribution in [3.63, 3.8) is 0 Å². The molecule has 2 aromatic carbocycles. The number of amides is 1. The van der Waals surface area contributed by atoms with Crippen molar-refractivity contribution in [2.75, 3.05) is 5.32 Å². The zero-order valence-electron chi connectivity index (χ0n) is 15.1. The minimum absolute atomic E-state index is 0.322. The first kappa shape index (κ1) is 18.3. The molecule has 1 amide bonds. The average molecular weight is 411 g/mol. The van der Waals surface area contributed by atoms with Gasteiger partial charge in [0, 0.05) is 5.56 Å². The van der Waals surface area contributed by atoms with Crippen LogP contribution in [0.15, 0.2) is 53.1 Å². The van der Waals surface area contributed by atoms with E-state index in [1.807, 2.05) is 38.1 Å². The van der Waals surface area contributed by atoms with Crippen molar-refractivity contribution >= 4 is 34.0 Å². The summed E-state index contributed by atoms with van der Waals surface area (Å²) in [5.74, 6) is 0.551. The summed E-state index contributed by atoms with van der Waals surface area (Å²) >= 11 is 7.35. The van der Waals surface area contributed by atoms with Crippen LogP contribution in [0.2, 0.25) is 5.02 Å². The van der Waals surface area contributed by atoms with Crippen molar-refractivity contribution in [3.05, 3.63) is 70.4 Å². The highest BCUT2D eigenvalue weighted by molar-refractivity contribution is 7.19. The lowest BCUT2D eigenvalue weighted by Crippen LogP contribution is -2.12. The number of aromatic nitrogens is 3. The molecule has 0 atom stereocenters. The largest absolute Gasteiger partial charge is 0.333 e. The highest BCUT2D eigenvalue weighted by Gasteiger charge is 2.19. The number of carbonyl (C=O) groups excluding carboxylic acids is 1. The summed E-state index contributed by atoms with van der Waals surface area (Å²) in [6, 6.07) is 14.7. The number of anilines is 1. The van der Waals surface area contributed by atoms with E-state index in [4.69, 9.17) is 16.1 Å². The van der Waals surface area contributed by atoms with Gasteiger partial charge in [-0.05, 0) is 32.0 Å². The Hall–Kier alpha value is -3.03. The Morgan fingerprint density at radius 2 is 1.93 bits per heavy atom. The summed E-state index contributed by atoms with van der Waals surface area (Å²) < 4.78 is 5.42. The van der Waals surface area contributed by atoms with Gasteiger partial charge in [-0.3, -0.25) is 10.1 Å². The molecular weight excluding hydrogens is 396 g/mol. The molecule has 0 spiro atoms. The van der Waals surface area contributed by atoms with E-state index in [9.17, 15) is 4.79 Å². The second-order valence-corrected chi connectivity index (χ2v) is 7.57. The SMILES string of the molecule is Cc1cccc(-c2noc(-c3sc(NC(=O)c4ccccc4Cl)nc3C)n2)c1. The maximum Gasteiger partial charge on any atom is 0.270 e. The number of halogens is 1. The number of hydrogen-bond donors (Lipinski definition) is 1. The number of carbonyl (C=O) groups is 1. The summed E-state index contributed by atoms with van der Waals surface area (Å²) in [4.78, 5) is 22.0. The summed E-state index contributed by atoms with van der Waals surface area (Å²) in [7, 11) is 0. The smallest absolute Gasteiger partial charge is 0.270 e. The van der Waals surface area contributed by atoms with Crippen molar-refractivity contribution in [2.45, 2.75) is 13.8 Å². The van der Waals surface area contributed by atoms with Gasteiger partial charge >= 0.3 is 0 Å². The van der Waals surface area contributed by atoms with E-state index >= 15 is 0 Å². The normalized spacial score (nSPS) is 10.8. The lowest BCUT2D eigenvalue weighted by Gasteiger charge is -2.03. The second-order valence-electron chi connectivity index (χ2n) is 6.16. The second kappa shape index (κ2) is 7.53. The van der Waals surface area contributed by atoms with Crippen molar-refractivity contribution < 1.29 is 9.32 Å². The molecule has 0 aliphatic heterocycles. The Bertz CT molecular complexity index is 1170. The number of nitrogens with one attached hydrogen (secondary N) is 1. The Balaban J connectivity index is 1.58. The van der Waals surface area contributed by atoms with Crippen molar-refractivity contribution in [1.29, 1.82) is 0 Å². The minimum Gasteiger partial charge on any atom is -0.333 e. The van der Waals surface area contributed by atoms with Gasteiger partial charge in [0.05, 0.1) is 16.3 Å². The molecule has 0 radical (unpaired) electrons. The molecule has 0 saturated heterocycles. The Morgan fingerprint density at radius 1 is 1.11 bits per heavy atom. The predicted octanol–water partition coefficient (Wildman–Crippen LogP) is 5.38. The third-order valence-electron chi connectivity index (χ3n) is 4.03. The van der Waals surface area contributed by atoms with Gasteiger partial charge in [-0.15, -0.1) is 0 Å². The number of aryl methyl sites for hydroxylation is 2. The van der Waals surface area contributed by atoms with E-state index < -0.39 is 0 Å². The van der Waals surface area contributed by atoms with Gasteiger partial charge in [0.15, 0.2) is 5.13 Å². The highest BCUT2D eigenvalue weighted by atomic mass is 35.5. The van der Waals surface area contributed by atoms with Crippen LogP contribution >= 0.6 is 22.9 Å². The van der Waals surface area contributed by atoms with Gasteiger partial charge < -0.3 is 4.52 Å². The number of nitrogens with zero attached hydrogens (tertiary/aromatic N) is 3. The van der Waals surface area contributed by atoms with Gasteiger partial charge in [-0.25, -0.2) is 4.98 Å². The summed E-state index contributed by atoms with van der Waals surface area (Å²) in [5.41, 5.74) is 3.07. The van der Waals surface area contributed by atoms with Crippen molar-refractivity contribution in [2.24, 2.45) is 0 Å². The third kappa shape index (κ3) is 3.67. The summed E-state index contributed by atoms with van der Waals surface area (Å²) in [6.07, 6.45) is 0. The maximum atomic E-state index is 12.4. The Morgan fingerprint density at radius 3 is 2.71 bits per heavy atom. The zero-order valence-corrected chi connectivity index (χ0v) is 16.6. The molecule has 0 fully saturated rings. The molecule has 0 aliphatic rings. The molecule has 28 heavy (non-hydrogen) atoms. The number of benzene rings is 2. The standard InChI is InChI=1S/C20H15ClN4O2S/c1-11-6-5-7-13(10-11)17-23-19(27-25-17)16-12(2)22-20(28-16)24-18(26)14-8-3-4-9-15(14)21/h3-10H,1-2H3,(H,22,24,26). The van der Waals surface area contributed by atoms with Gasteiger partial charge in [0.25, 0.3) is 11.8 Å². The fraction of sp³-hybridized carbons (Fsp3) is 0.100. The van der Waals surface area contributed by atoms with Crippen LogP contribution in [0.5, 0.6) is 0 Å². The molecule has 0 saturated carbocycles. The lowest BCUT2D eigenvalue weighted by atomic mass is 10.1. The minimum atomic E-state index is -0.322. The molecule has 6 nitrogen and oxygen atoms in total. The van der Waals surface area contributed by atoms with E-state index in [1.165, 1.54) is 11.3 Å². The van der Waals surface area contributed by atoms with Gasteiger partial charge in [-0.1, -0.05) is 64.0 Å². The van der Waals surface area contributed by atoms with E-state index in [0.717, 1.165) is 11.1 Å². The summed E-state index contributed by atoms with van der Waals surface area (Å²) in [6.45, 7) is 3.83. The van der Waals surface area contributed by atoms with Gasteiger partial charge in [0.1, 0.15) is 4.88 Å². The first-order valence-corrected chi connectivity index (χ1v) is 9.65. The zero-order chi connectivity index (χ0) is 19.7. The van der Waals surface area contributed by atoms with Crippen LogP contribution in [0.1, 0.15) is 21.6 Å². The van der Waals surface area contributed by atoms with E-state index in [0.29, 0.717) is 38.0 Å². The lowest BCUT2D eigenvalue weighted by molar-refractivity contribution is 0.102. The van der Waals surface area contributed by atoms with E-state index in [2.05, 4.69) is 20.4 Å². The van der Waals surface area contributed by atoms with E-state index in [1.54, 1.807) is 24.3 Å². The Labute approximate surface area is 170 Å². The molecule has 4 rings (SSSR count). The first-order valence-electron chi connectivity index (χ1n) is 8.45. The van der Waals surface area contributed by atoms with Crippen LogP contribution in [0, 0.1) is 13.8 Å². The molecule has 140 valence electrons. The topological polar surface area (TPSA) is 80.9 Å². The van der Waals surface area contributed by atoms with Crippen molar-refractivity contribution in [3.8, 4) is 22.2 Å². The number of hydrogen-bond acceptors (Lipinski definition) is 6. The Kier molecular flexibility index (Phi) is 4.93. The van der Waals surface area contributed by atoms with Crippen LogP contribution in [0.3, 0.4) is 0 Å². The van der Waals surface area contributed by atoms with E-state index in [-0.39, 0.29) is 5.91 Å². The molecule has 8 heteroatoms. The fourth-order valence-corrected chi connectivity index (χ4v) is 3.78. The molecule has 4 aromatic rings.